The highest BCUT2D eigenvalue weighted by molar-refractivity contribution is 5.00. The maximum Gasteiger partial charge on any atom is 0.0659 e. The molecule has 0 aliphatic heterocycles. The largest absolute Gasteiger partial charge is 0.393 e. The molecule has 0 saturated heterocycles. The van der Waals surface area contributed by atoms with Gasteiger partial charge in [0, 0.05) is 0 Å². The van der Waals surface area contributed by atoms with Crippen LogP contribution in [0.2, 0.25) is 0 Å². The van der Waals surface area contributed by atoms with Crippen LogP contribution in [-0.4, -0.2) is 22.4 Å². The molecule has 2 aliphatic carbocycles. The summed E-state index contributed by atoms with van der Waals surface area (Å²) in [6.45, 7) is 4.42. The summed E-state index contributed by atoms with van der Waals surface area (Å²) in [6, 6.07) is 2.46. The lowest BCUT2D eigenvalue weighted by molar-refractivity contribution is -0.0444. The van der Waals surface area contributed by atoms with Gasteiger partial charge in [-0.1, -0.05) is 52.4 Å². The van der Waals surface area contributed by atoms with Gasteiger partial charge in [-0.05, 0) is 62.2 Å². The van der Waals surface area contributed by atoms with Crippen LogP contribution >= 0.6 is 0 Å². The first-order valence-electron chi connectivity index (χ1n) is 10.8. The van der Waals surface area contributed by atoms with Crippen molar-refractivity contribution in [2.24, 2.45) is 23.2 Å². The maximum absolute atomic E-state index is 10.6. The number of hydrogen-bond acceptors (Lipinski definition) is 3. The molecule has 0 heterocycles. The maximum atomic E-state index is 10.6. The third-order valence-corrected chi connectivity index (χ3v) is 7.39. The SMILES string of the molecule is CCCCCC[C@@H]1[C@@H](CCCC(O)C2(CC)CCC2)[C@H](O)C[C@H]1C#N. The van der Waals surface area contributed by atoms with E-state index in [2.05, 4.69) is 19.9 Å². The first-order chi connectivity index (χ1) is 12.1. The van der Waals surface area contributed by atoms with Crippen LogP contribution in [0.25, 0.3) is 0 Å². The second kappa shape index (κ2) is 9.93. The highest BCUT2D eigenvalue weighted by Gasteiger charge is 2.43. The number of rotatable bonds is 11. The fourth-order valence-corrected chi connectivity index (χ4v) is 5.38. The topological polar surface area (TPSA) is 64.2 Å². The highest BCUT2D eigenvalue weighted by atomic mass is 16.3. The predicted molar refractivity (Wildman–Crippen MR) is 102 cm³/mol. The van der Waals surface area contributed by atoms with Gasteiger partial charge in [-0.2, -0.15) is 5.26 Å². The zero-order valence-electron chi connectivity index (χ0n) is 16.4. The van der Waals surface area contributed by atoms with E-state index in [-0.39, 0.29) is 29.5 Å². The lowest BCUT2D eigenvalue weighted by atomic mass is 9.62. The summed E-state index contributed by atoms with van der Waals surface area (Å²) in [5, 5.41) is 30.6. The van der Waals surface area contributed by atoms with E-state index < -0.39 is 0 Å². The summed E-state index contributed by atoms with van der Waals surface area (Å²) < 4.78 is 0. The van der Waals surface area contributed by atoms with Crippen molar-refractivity contribution < 1.29 is 10.2 Å². The molecule has 5 atom stereocenters. The summed E-state index contributed by atoms with van der Waals surface area (Å²) >= 11 is 0. The molecule has 2 aliphatic rings. The van der Waals surface area contributed by atoms with Gasteiger partial charge in [-0.25, -0.2) is 0 Å². The van der Waals surface area contributed by atoms with E-state index in [1.54, 1.807) is 0 Å². The lowest BCUT2D eigenvalue weighted by Gasteiger charge is -2.45. The van der Waals surface area contributed by atoms with Crippen molar-refractivity contribution in [3.63, 3.8) is 0 Å². The van der Waals surface area contributed by atoms with Crippen molar-refractivity contribution in [3.8, 4) is 6.07 Å². The molecule has 0 aromatic rings. The van der Waals surface area contributed by atoms with Crippen LogP contribution in [0.4, 0.5) is 0 Å². The van der Waals surface area contributed by atoms with Crippen molar-refractivity contribution in [2.75, 3.05) is 0 Å². The predicted octanol–water partition coefficient (Wildman–Crippen LogP) is 5.21. The van der Waals surface area contributed by atoms with Gasteiger partial charge in [-0.15, -0.1) is 0 Å². The minimum Gasteiger partial charge on any atom is -0.393 e. The molecule has 25 heavy (non-hydrogen) atoms. The molecule has 1 unspecified atom stereocenters. The van der Waals surface area contributed by atoms with Crippen molar-refractivity contribution >= 4 is 0 Å². The smallest absolute Gasteiger partial charge is 0.0659 e. The van der Waals surface area contributed by atoms with E-state index in [0.29, 0.717) is 12.3 Å². The molecule has 0 aromatic carbocycles. The van der Waals surface area contributed by atoms with E-state index in [1.165, 1.54) is 44.9 Å². The summed E-state index contributed by atoms with van der Waals surface area (Å²) in [6.07, 6.45) is 13.7. The van der Waals surface area contributed by atoms with Crippen LogP contribution in [0, 0.1) is 34.5 Å². The van der Waals surface area contributed by atoms with Gasteiger partial charge >= 0.3 is 0 Å². The summed E-state index contributed by atoms with van der Waals surface area (Å²) in [5.41, 5.74) is 0.184. The van der Waals surface area contributed by atoms with Crippen LogP contribution in [0.3, 0.4) is 0 Å². The van der Waals surface area contributed by atoms with Gasteiger partial charge in [0.15, 0.2) is 0 Å². The number of aliphatic hydroxyl groups is 2. The van der Waals surface area contributed by atoms with Gasteiger partial charge in [-0.3, -0.25) is 0 Å². The van der Waals surface area contributed by atoms with E-state index in [1.807, 2.05) is 0 Å². The fourth-order valence-electron chi connectivity index (χ4n) is 5.38. The van der Waals surface area contributed by atoms with Crippen molar-refractivity contribution in [2.45, 2.75) is 110 Å². The first kappa shape index (κ1) is 20.7. The molecule has 2 rings (SSSR count). The molecule has 0 radical (unpaired) electrons. The third-order valence-electron chi connectivity index (χ3n) is 7.39. The average molecular weight is 350 g/mol. The Bertz CT molecular complexity index is 421. The van der Waals surface area contributed by atoms with Crippen LogP contribution < -0.4 is 0 Å². The summed E-state index contributed by atoms with van der Waals surface area (Å²) in [5.74, 6) is 0.649. The first-order valence-corrected chi connectivity index (χ1v) is 10.8. The second-order valence-electron chi connectivity index (χ2n) is 8.73. The van der Waals surface area contributed by atoms with Gasteiger partial charge in [0.2, 0.25) is 0 Å². The van der Waals surface area contributed by atoms with Crippen LogP contribution in [0.1, 0.15) is 97.3 Å². The average Bonchev–Trinajstić information content (AvgIpc) is 2.87. The van der Waals surface area contributed by atoms with Crippen LogP contribution in [0.5, 0.6) is 0 Å². The monoisotopic (exact) mass is 349 g/mol. The Morgan fingerprint density at radius 2 is 1.80 bits per heavy atom. The summed E-state index contributed by atoms with van der Waals surface area (Å²) in [4.78, 5) is 0. The molecule has 3 nitrogen and oxygen atoms in total. The molecule has 0 bridgehead atoms. The van der Waals surface area contributed by atoms with E-state index in [0.717, 1.165) is 32.1 Å². The number of hydrogen-bond donors (Lipinski definition) is 2. The minimum atomic E-state index is -0.318. The third kappa shape index (κ3) is 4.98. The lowest BCUT2D eigenvalue weighted by Crippen LogP contribution is -2.40. The minimum absolute atomic E-state index is 0.0279. The molecule has 0 amide bonds. The Kier molecular flexibility index (Phi) is 8.23. The molecular formula is C22H39NO2. The molecular weight excluding hydrogens is 310 g/mol. The molecule has 144 valence electrons. The number of nitrogens with zero attached hydrogens (tertiary/aromatic N) is 1. The standard InChI is InChI=1S/C22H39NO2/c1-3-5-6-7-10-18-17(16-23)15-20(24)19(18)11-8-12-21(25)22(4-2)13-9-14-22/h17-21,24-25H,3-15H2,1-2H3/t17-,18-,19+,20+,21?/m0/s1. The van der Waals surface area contributed by atoms with Crippen molar-refractivity contribution in [1.82, 2.24) is 0 Å². The highest BCUT2D eigenvalue weighted by Crippen LogP contribution is 2.48. The second-order valence-corrected chi connectivity index (χ2v) is 8.73. The van der Waals surface area contributed by atoms with Crippen molar-refractivity contribution in [3.05, 3.63) is 0 Å². The molecule has 0 spiro atoms. The Labute approximate surface area is 154 Å². The van der Waals surface area contributed by atoms with E-state index in [4.69, 9.17) is 0 Å². The van der Waals surface area contributed by atoms with Crippen molar-refractivity contribution in [1.29, 1.82) is 5.26 Å². The molecule has 2 N–H and O–H groups in total. The van der Waals surface area contributed by atoms with E-state index in [9.17, 15) is 15.5 Å². The summed E-state index contributed by atoms with van der Waals surface area (Å²) in [7, 11) is 0. The normalized spacial score (nSPS) is 32.1. The zero-order valence-corrected chi connectivity index (χ0v) is 16.4. The van der Waals surface area contributed by atoms with Gasteiger partial charge in [0.05, 0.1) is 24.2 Å². The number of unbranched alkanes of at least 4 members (excludes halogenated alkanes) is 3. The fraction of sp³-hybridized carbons (Fsp3) is 0.955. The Morgan fingerprint density at radius 3 is 2.36 bits per heavy atom. The molecule has 2 fully saturated rings. The van der Waals surface area contributed by atoms with E-state index >= 15 is 0 Å². The quantitative estimate of drug-likeness (QED) is 0.504. The molecule has 3 heteroatoms. The van der Waals surface area contributed by atoms with Crippen LogP contribution in [-0.2, 0) is 0 Å². The van der Waals surface area contributed by atoms with Gasteiger partial charge in [0.25, 0.3) is 0 Å². The molecule has 0 aromatic heterocycles. The Morgan fingerprint density at radius 1 is 1.08 bits per heavy atom. The van der Waals surface area contributed by atoms with Gasteiger partial charge < -0.3 is 10.2 Å². The van der Waals surface area contributed by atoms with Crippen LogP contribution in [0.15, 0.2) is 0 Å². The van der Waals surface area contributed by atoms with Gasteiger partial charge in [0.1, 0.15) is 0 Å². The molecule has 2 saturated carbocycles. The number of nitriles is 1. The number of aliphatic hydroxyl groups excluding tert-OH is 2. The Hall–Kier alpha value is -0.590. The zero-order chi connectivity index (χ0) is 18.3. The Balaban J connectivity index is 1.81.